The summed E-state index contributed by atoms with van der Waals surface area (Å²) in [5.41, 5.74) is 4.47. The molecular weight excluding hydrogens is 342 g/mol. The van der Waals surface area contributed by atoms with Crippen molar-refractivity contribution in [2.24, 2.45) is 11.7 Å². The van der Waals surface area contributed by atoms with Crippen LogP contribution in [0.2, 0.25) is 0 Å². The smallest absolute Gasteiger partial charge is 0.315 e. The van der Waals surface area contributed by atoms with Crippen LogP contribution >= 0.6 is 12.4 Å². The van der Waals surface area contributed by atoms with E-state index in [-0.39, 0.29) is 36.3 Å². The number of hydrogen-bond donors (Lipinski definition) is 3. The van der Waals surface area contributed by atoms with Crippen LogP contribution < -0.4 is 5.73 Å². The van der Waals surface area contributed by atoms with Gasteiger partial charge in [0.05, 0.1) is 11.5 Å². The number of piperidine rings is 1. The largest absolute Gasteiger partial charge is 0.504 e. The topological polar surface area (TPSA) is 147 Å². The molecule has 1 aromatic carbocycles. The predicted octanol–water partition coefficient (Wildman–Crippen LogP) is 0.808. The van der Waals surface area contributed by atoms with Crippen molar-refractivity contribution in [1.82, 2.24) is 4.90 Å². The molecule has 1 amide bonds. The van der Waals surface area contributed by atoms with E-state index in [9.17, 15) is 29.9 Å². The number of amides is 1. The molecule has 132 valence electrons. The fourth-order valence-corrected chi connectivity index (χ4v) is 2.57. The number of halogens is 1. The second-order valence-corrected chi connectivity index (χ2v) is 5.50. The summed E-state index contributed by atoms with van der Waals surface area (Å²) in [5.74, 6) is -2.54. The van der Waals surface area contributed by atoms with Crippen LogP contribution in [0.1, 0.15) is 23.2 Å². The number of Topliss-reactive ketones (excluding diaryl/α,β-unsaturated/α-hetero) is 1. The molecule has 0 aromatic heterocycles. The highest BCUT2D eigenvalue weighted by Crippen LogP contribution is 2.36. The van der Waals surface area contributed by atoms with Crippen LogP contribution in [-0.2, 0) is 4.79 Å². The third-order valence-corrected chi connectivity index (χ3v) is 3.95. The summed E-state index contributed by atoms with van der Waals surface area (Å²) in [4.78, 5) is 35.1. The molecule has 0 bridgehead atoms. The molecule has 1 fully saturated rings. The Bertz CT molecular complexity index is 658. The molecule has 1 aliphatic rings. The van der Waals surface area contributed by atoms with Gasteiger partial charge in [-0.2, -0.15) is 0 Å². The first-order valence-corrected chi connectivity index (χ1v) is 7.05. The van der Waals surface area contributed by atoms with Crippen molar-refractivity contribution in [2.45, 2.75) is 12.8 Å². The van der Waals surface area contributed by atoms with Gasteiger partial charge >= 0.3 is 5.69 Å². The van der Waals surface area contributed by atoms with Crippen LogP contribution in [0.4, 0.5) is 5.69 Å². The molecule has 1 heterocycles. The Morgan fingerprint density at radius 2 is 1.88 bits per heavy atom. The van der Waals surface area contributed by atoms with Crippen LogP contribution in [0.3, 0.4) is 0 Å². The lowest BCUT2D eigenvalue weighted by atomic mass is 9.96. The second kappa shape index (κ2) is 7.93. The van der Waals surface area contributed by atoms with E-state index in [1.807, 2.05) is 4.90 Å². The normalized spacial score (nSPS) is 15.5. The van der Waals surface area contributed by atoms with E-state index in [0.717, 1.165) is 12.1 Å². The van der Waals surface area contributed by atoms with Gasteiger partial charge in [-0.15, -0.1) is 12.4 Å². The van der Waals surface area contributed by atoms with E-state index in [0.29, 0.717) is 25.9 Å². The minimum atomic E-state index is -0.871. The van der Waals surface area contributed by atoms with Crippen molar-refractivity contribution in [2.75, 3.05) is 19.6 Å². The van der Waals surface area contributed by atoms with E-state index in [1.54, 1.807) is 0 Å². The van der Waals surface area contributed by atoms with Crippen molar-refractivity contribution in [3.63, 3.8) is 0 Å². The first-order valence-electron chi connectivity index (χ1n) is 7.05. The summed E-state index contributed by atoms with van der Waals surface area (Å²) >= 11 is 0. The number of carbonyl (C=O) groups is 2. The Labute approximate surface area is 143 Å². The monoisotopic (exact) mass is 359 g/mol. The van der Waals surface area contributed by atoms with Gasteiger partial charge in [0.25, 0.3) is 0 Å². The molecule has 4 N–H and O–H groups in total. The number of nitro groups is 1. The molecule has 1 saturated heterocycles. The Kier molecular flexibility index (Phi) is 6.50. The van der Waals surface area contributed by atoms with Gasteiger partial charge in [0.1, 0.15) is 0 Å². The summed E-state index contributed by atoms with van der Waals surface area (Å²) in [7, 11) is 0. The molecule has 1 aromatic rings. The van der Waals surface area contributed by atoms with Gasteiger partial charge in [-0.05, 0) is 32.0 Å². The number of nitrogens with two attached hydrogens (primary N) is 1. The zero-order valence-corrected chi connectivity index (χ0v) is 13.5. The number of phenolic OH excluding ortho intramolecular Hbond substituents is 2. The minimum absolute atomic E-state index is 0. The standard InChI is InChI=1S/C14H17N3O6.ClH/c15-14(21)8-1-3-16(4-2-8)7-12(19)9-5-10(17(22)23)13(20)11(18)6-9;/h5-6,8,18,20H,1-4,7H2,(H2,15,21);1H. The Balaban J connectivity index is 0.00000288. The van der Waals surface area contributed by atoms with Gasteiger partial charge in [-0.25, -0.2) is 0 Å². The van der Waals surface area contributed by atoms with E-state index in [2.05, 4.69) is 0 Å². The van der Waals surface area contributed by atoms with Crippen molar-refractivity contribution in [1.29, 1.82) is 0 Å². The van der Waals surface area contributed by atoms with Crippen molar-refractivity contribution in [3.8, 4) is 11.5 Å². The van der Waals surface area contributed by atoms with Gasteiger partial charge in [0.15, 0.2) is 11.5 Å². The van der Waals surface area contributed by atoms with Crippen LogP contribution in [-0.4, -0.2) is 51.4 Å². The predicted molar refractivity (Wildman–Crippen MR) is 86.4 cm³/mol. The number of ketones is 1. The van der Waals surface area contributed by atoms with Crippen molar-refractivity contribution < 1.29 is 24.7 Å². The number of phenols is 2. The Hall–Kier alpha value is -2.39. The number of nitro benzene ring substituents is 1. The van der Waals surface area contributed by atoms with Crippen molar-refractivity contribution >= 4 is 29.8 Å². The number of aromatic hydroxyl groups is 2. The van der Waals surface area contributed by atoms with Gasteiger partial charge in [-0.1, -0.05) is 0 Å². The minimum Gasteiger partial charge on any atom is -0.504 e. The molecule has 2 rings (SSSR count). The van der Waals surface area contributed by atoms with E-state index >= 15 is 0 Å². The summed E-state index contributed by atoms with van der Waals surface area (Å²) < 4.78 is 0. The van der Waals surface area contributed by atoms with Crippen molar-refractivity contribution in [3.05, 3.63) is 27.8 Å². The van der Waals surface area contributed by atoms with Crippen LogP contribution in [0, 0.1) is 16.0 Å². The molecule has 0 spiro atoms. The molecular formula is C14H18ClN3O6. The van der Waals surface area contributed by atoms with Crippen LogP contribution in [0.15, 0.2) is 12.1 Å². The Morgan fingerprint density at radius 1 is 1.29 bits per heavy atom. The molecule has 9 nitrogen and oxygen atoms in total. The number of hydrogen-bond acceptors (Lipinski definition) is 7. The summed E-state index contributed by atoms with van der Waals surface area (Å²) in [6.07, 6.45) is 1.12. The number of primary amides is 1. The van der Waals surface area contributed by atoms with E-state index in [4.69, 9.17) is 5.73 Å². The fraction of sp³-hybridized carbons (Fsp3) is 0.429. The molecule has 24 heavy (non-hydrogen) atoms. The third kappa shape index (κ3) is 4.33. The number of likely N-dealkylation sites (tertiary alicyclic amines) is 1. The summed E-state index contributed by atoms with van der Waals surface area (Å²) in [6, 6.07) is 1.94. The first kappa shape index (κ1) is 19.7. The number of nitrogens with zero attached hydrogens (tertiary/aromatic N) is 2. The van der Waals surface area contributed by atoms with E-state index < -0.39 is 27.9 Å². The lowest BCUT2D eigenvalue weighted by Crippen LogP contribution is -2.40. The number of benzene rings is 1. The molecule has 0 radical (unpaired) electrons. The molecule has 0 unspecified atom stereocenters. The molecule has 0 saturated carbocycles. The SMILES string of the molecule is Cl.NC(=O)C1CCN(CC(=O)c2cc(O)c(O)c([N+](=O)[O-])c2)CC1. The highest BCUT2D eigenvalue weighted by Gasteiger charge is 2.26. The molecule has 10 heteroatoms. The maximum Gasteiger partial charge on any atom is 0.315 e. The molecule has 0 aliphatic carbocycles. The first-order chi connectivity index (χ1) is 10.8. The van der Waals surface area contributed by atoms with Gasteiger partial charge < -0.3 is 15.9 Å². The number of rotatable bonds is 5. The fourth-order valence-electron chi connectivity index (χ4n) is 2.57. The van der Waals surface area contributed by atoms with Crippen LogP contribution in [0.5, 0.6) is 11.5 Å². The lowest BCUT2D eigenvalue weighted by molar-refractivity contribution is -0.386. The average molecular weight is 360 g/mol. The zero-order valence-electron chi connectivity index (χ0n) is 12.7. The number of carbonyl (C=O) groups excluding carboxylic acids is 2. The zero-order chi connectivity index (χ0) is 17.1. The maximum absolute atomic E-state index is 12.2. The van der Waals surface area contributed by atoms with Crippen LogP contribution in [0.25, 0.3) is 0 Å². The average Bonchev–Trinajstić information content (AvgIpc) is 2.49. The highest BCUT2D eigenvalue weighted by molar-refractivity contribution is 5.99. The third-order valence-electron chi connectivity index (χ3n) is 3.95. The quantitative estimate of drug-likeness (QED) is 0.305. The second-order valence-electron chi connectivity index (χ2n) is 5.50. The lowest BCUT2D eigenvalue weighted by Gasteiger charge is -2.29. The summed E-state index contributed by atoms with van der Waals surface area (Å²) in [5, 5.41) is 29.7. The maximum atomic E-state index is 12.2. The highest BCUT2D eigenvalue weighted by atomic mass is 35.5. The van der Waals surface area contributed by atoms with Gasteiger partial charge in [0.2, 0.25) is 11.7 Å². The Morgan fingerprint density at radius 3 is 2.38 bits per heavy atom. The molecule has 0 atom stereocenters. The van der Waals surface area contributed by atoms with Gasteiger partial charge in [-0.3, -0.25) is 24.6 Å². The van der Waals surface area contributed by atoms with Gasteiger partial charge in [0, 0.05) is 17.5 Å². The van der Waals surface area contributed by atoms with E-state index in [1.165, 1.54) is 0 Å². The summed E-state index contributed by atoms with van der Waals surface area (Å²) in [6.45, 7) is 1.05. The molecule has 1 aliphatic heterocycles.